The van der Waals surface area contributed by atoms with Crippen LogP contribution in [0.25, 0.3) is 16.9 Å². The van der Waals surface area contributed by atoms with Gasteiger partial charge in [0.05, 0.1) is 16.9 Å². The van der Waals surface area contributed by atoms with E-state index in [2.05, 4.69) is 27.1 Å². The van der Waals surface area contributed by atoms with Crippen molar-refractivity contribution in [2.24, 2.45) is 0 Å². The van der Waals surface area contributed by atoms with Gasteiger partial charge in [0.1, 0.15) is 5.60 Å². The Hall–Kier alpha value is -2.80. The van der Waals surface area contributed by atoms with E-state index >= 15 is 0 Å². The van der Waals surface area contributed by atoms with Crippen molar-refractivity contribution in [3.05, 3.63) is 47.4 Å². The van der Waals surface area contributed by atoms with E-state index in [9.17, 15) is 4.79 Å². The monoisotopic (exact) mass is 455 g/mol. The maximum absolute atomic E-state index is 12.3. The van der Waals surface area contributed by atoms with Crippen LogP contribution in [0.1, 0.15) is 46.1 Å². The quantitative estimate of drug-likeness (QED) is 0.584. The molecule has 0 atom stereocenters. The minimum Gasteiger partial charge on any atom is -0.444 e. The Balaban J connectivity index is 1.54. The summed E-state index contributed by atoms with van der Waals surface area (Å²) in [6.07, 6.45) is 6.75. The number of benzene rings is 1. The van der Waals surface area contributed by atoms with E-state index in [-0.39, 0.29) is 11.6 Å². The second-order valence-electron chi connectivity index (χ2n) is 9.70. The van der Waals surface area contributed by atoms with Gasteiger partial charge in [0, 0.05) is 36.6 Å². The zero-order valence-corrected chi connectivity index (χ0v) is 20.0. The maximum atomic E-state index is 12.3. The molecule has 4 rings (SSSR count). The first-order valence-electron chi connectivity index (χ1n) is 10.9. The molecule has 170 valence electrons. The number of ether oxygens (including phenoxy) is 1. The van der Waals surface area contributed by atoms with Gasteiger partial charge in [0.15, 0.2) is 11.5 Å². The Kier molecular flexibility index (Phi) is 5.79. The van der Waals surface area contributed by atoms with Gasteiger partial charge in [0.2, 0.25) is 0 Å². The normalized spacial score (nSPS) is 16.2. The van der Waals surface area contributed by atoms with Crippen LogP contribution in [0.2, 0.25) is 5.02 Å². The van der Waals surface area contributed by atoms with Crippen molar-refractivity contribution >= 4 is 29.2 Å². The number of imidazole rings is 1. The zero-order valence-electron chi connectivity index (χ0n) is 19.3. The summed E-state index contributed by atoms with van der Waals surface area (Å²) in [6, 6.07) is 6.01. The second kappa shape index (κ2) is 8.28. The van der Waals surface area contributed by atoms with Gasteiger partial charge < -0.3 is 15.0 Å². The molecule has 7 nitrogen and oxygen atoms in total. The number of hydrogen-bond donors (Lipinski definition) is 1. The highest BCUT2D eigenvalue weighted by molar-refractivity contribution is 6.34. The number of piperidine rings is 1. The Morgan fingerprint density at radius 3 is 2.62 bits per heavy atom. The van der Waals surface area contributed by atoms with Crippen LogP contribution in [-0.2, 0) is 4.74 Å². The van der Waals surface area contributed by atoms with Crippen LogP contribution in [0.15, 0.2) is 36.8 Å². The summed E-state index contributed by atoms with van der Waals surface area (Å²) in [4.78, 5) is 23.8. The number of nitrogens with one attached hydrogen (secondary N) is 1. The third-order valence-electron chi connectivity index (χ3n) is 5.85. The molecule has 0 spiro atoms. The van der Waals surface area contributed by atoms with Gasteiger partial charge in [-0.05, 0) is 53.0 Å². The standard InChI is InChI=1S/C24H30ClN5O2/c1-16-7-6-8-17(19(16)25)18-15-27-21-20(26-11-14-30(18)21)29-12-9-24(5,10-13-29)28-22(31)32-23(2,3)4/h6-8,11,14-15H,9-10,12-13H2,1-5H3,(H,28,31). The summed E-state index contributed by atoms with van der Waals surface area (Å²) < 4.78 is 7.47. The Labute approximate surface area is 193 Å². The number of carbonyl (C=O) groups excluding carboxylic acids is 1. The molecule has 1 aliphatic heterocycles. The summed E-state index contributed by atoms with van der Waals surface area (Å²) >= 11 is 6.57. The number of carbonyl (C=O) groups is 1. The second-order valence-corrected chi connectivity index (χ2v) is 10.1. The molecule has 8 heteroatoms. The van der Waals surface area contributed by atoms with Crippen molar-refractivity contribution in [3.63, 3.8) is 0 Å². The van der Waals surface area contributed by atoms with Gasteiger partial charge in [0.25, 0.3) is 0 Å². The number of hydrogen-bond acceptors (Lipinski definition) is 5. The molecule has 3 heterocycles. The molecule has 1 N–H and O–H groups in total. The predicted molar refractivity (Wildman–Crippen MR) is 127 cm³/mol. The molecule has 32 heavy (non-hydrogen) atoms. The Morgan fingerprint density at radius 1 is 1.22 bits per heavy atom. The van der Waals surface area contributed by atoms with Crippen LogP contribution in [0.3, 0.4) is 0 Å². The average Bonchev–Trinajstić information content (AvgIpc) is 3.13. The molecular weight excluding hydrogens is 426 g/mol. The highest BCUT2D eigenvalue weighted by Gasteiger charge is 2.34. The smallest absolute Gasteiger partial charge is 0.408 e. The van der Waals surface area contributed by atoms with Crippen molar-refractivity contribution in [1.82, 2.24) is 19.7 Å². The lowest BCUT2D eigenvalue weighted by molar-refractivity contribution is 0.0448. The van der Waals surface area contributed by atoms with E-state index in [4.69, 9.17) is 16.3 Å². The molecule has 1 aliphatic rings. The lowest BCUT2D eigenvalue weighted by Gasteiger charge is -2.40. The van der Waals surface area contributed by atoms with Gasteiger partial charge in [-0.15, -0.1) is 0 Å². The lowest BCUT2D eigenvalue weighted by Crippen LogP contribution is -2.54. The Bertz CT molecular complexity index is 1140. The number of aromatic nitrogens is 3. The van der Waals surface area contributed by atoms with Crippen LogP contribution in [-0.4, -0.2) is 44.7 Å². The van der Waals surface area contributed by atoms with Crippen molar-refractivity contribution < 1.29 is 9.53 Å². The number of anilines is 1. The van der Waals surface area contributed by atoms with Crippen LogP contribution < -0.4 is 10.2 Å². The number of alkyl carbamates (subject to hydrolysis) is 1. The van der Waals surface area contributed by atoms with Crippen LogP contribution in [0.4, 0.5) is 10.6 Å². The van der Waals surface area contributed by atoms with Crippen LogP contribution in [0.5, 0.6) is 0 Å². The Morgan fingerprint density at radius 2 is 1.94 bits per heavy atom. The molecular formula is C24H30ClN5O2. The lowest BCUT2D eigenvalue weighted by atomic mass is 9.90. The molecule has 2 aromatic heterocycles. The SMILES string of the molecule is Cc1cccc(-c2cnc3c(N4CCC(C)(NC(=O)OC(C)(C)C)CC4)nccn23)c1Cl. The summed E-state index contributed by atoms with van der Waals surface area (Å²) in [6.45, 7) is 11.2. The third-order valence-corrected chi connectivity index (χ3v) is 6.35. The molecule has 0 saturated carbocycles. The number of rotatable bonds is 3. The van der Waals surface area contributed by atoms with E-state index in [1.165, 1.54) is 0 Å². The van der Waals surface area contributed by atoms with E-state index in [0.29, 0.717) is 0 Å². The summed E-state index contributed by atoms with van der Waals surface area (Å²) in [7, 11) is 0. The molecule has 0 unspecified atom stereocenters. The van der Waals surface area contributed by atoms with Crippen LogP contribution in [0, 0.1) is 6.92 Å². The van der Waals surface area contributed by atoms with Crippen molar-refractivity contribution in [3.8, 4) is 11.3 Å². The highest BCUT2D eigenvalue weighted by atomic mass is 35.5. The zero-order chi connectivity index (χ0) is 23.1. The fraction of sp³-hybridized carbons (Fsp3) is 0.458. The van der Waals surface area contributed by atoms with E-state index in [0.717, 1.165) is 59.2 Å². The molecule has 3 aromatic rings. The number of nitrogens with zero attached hydrogens (tertiary/aromatic N) is 4. The third kappa shape index (κ3) is 4.53. The van der Waals surface area contributed by atoms with Crippen molar-refractivity contribution in [2.45, 2.75) is 58.6 Å². The summed E-state index contributed by atoms with van der Waals surface area (Å²) in [5, 5.41) is 3.79. The molecule has 0 aliphatic carbocycles. The molecule has 1 amide bonds. The molecule has 1 aromatic carbocycles. The minimum atomic E-state index is -0.515. The predicted octanol–water partition coefficient (Wildman–Crippen LogP) is 5.24. The van der Waals surface area contributed by atoms with E-state index in [1.807, 2.05) is 62.7 Å². The van der Waals surface area contributed by atoms with Gasteiger partial charge >= 0.3 is 6.09 Å². The maximum Gasteiger partial charge on any atom is 0.408 e. The number of halogens is 1. The number of amides is 1. The van der Waals surface area contributed by atoms with Gasteiger partial charge in [-0.25, -0.2) is 14.8 Å². The molecule has 0 radical (unpaired) electrons. The van der Waals surface area contributed by atoms with Crippen molar-refractivity contribution in [1.29, 1.82) is 0 Å². The largest absolute Gasteiger partial charge is 0.444 e. The molecule has 1 fully saturated rings. The average molecular weight is 456 g/mol. The van der Waals surface area contributed by atoms with Gasteiger partial charge in [-0.1, -0.05) is 29.8 Å². The number of fused-ring (bicyclic) bond motifs is 1. The topological polar surface area (TPSA) is 71.8 Å². The molecule has 1 saturated heterocycles. The van der Waals surface area contributed by atoms with Crippen LogP contribution >= 0.6 is 11.6 Å². The highest BCUT2D eigenvalue weighted by Crippen LogP contribution is 2.33. The minimum absolute atomic E-state index is 0.320. The first-order valence-corrected chi connectivity index (χ1v) is 11.3. The summed E-state index contributed by atoms with van der Waals surface area (Å²) in [5.41, 5.74) is 2.87. The van der Waals surface area contributed by atoms with Gasteiger partial charge in [-0.2, -0.15) is 0 Å². The van der Waals surface area contributed by atoms with Gasteiger partial charge in [-0.3, -0.25) is 4.40 Å². The van der Waals surface area contributed by atoms with E-state index < -0.39 is 5.60 Å². The molecule has 0 bridgehead atoms. The van der Waals surface area contributed by atoms with E-state index in [1.54, 1.807) is 6.20 Å². The first-order chi connectivity index (χ1) is 15.1. The number of aryl methyl sites for hydroxylation is 1. The first kappa shape index (κ1) is 22.4. The van der Waals surface area contributed by atoms with Crippen molar-refractivity contribution in [2.75, 3.05) is 18.0 Å². The fourth-order valence-electron chi connectivity index (χ4n) is 4.06. The fourth-order valence-corrected chi connectivity index (χ4v) is 4.28. The summed E-state index contributed by atoms with van der Waals surface area (Å²) in [5.74, 6) is 0.835.